The number of amides is 2. The first kappa shape index (κ1) is 35.2. The van der Waals surface area contributed by atoms with Crippen LogP contribution in [-0.4, -0.2) is 79.6 Å². The zero-order chi connectivity index (χ0) is 35.1. The van der Waals surface area contributed by atoms with E-state index in [9.17, 15) is 44.1 Å². The lowest BCUT2D eigenvalue weighted by Gasteiger charge is -2.20. The Balaban J connectivity index is 1.51. The summed E-state index contributed by atoms with van der Waals surface area (Å²) in [7, 11) is 0. The summed E-state index contributed by atoms with van der Waals surface area (Å²) in [5.41, 5.74) is 1.03. The minimum atomic E-state index is -1.36. The van der Waals surface area contributed by atoms with E-state index in [2.05, 4.69) is 33.9 Å². The van der Waals surface area contributed by atoms with E-state index in [4.69, 9.17) is 21.7 Å². The van der Waals surface area contributed by atoms with Crippen molar-refractivity contribution in [2.45, 2.75) is 24.9 Å². The first-order chi connectivity index (χ1) is 22.8. The number of aliphatic carboxylic acids is 2. The second kappa shape index (κ2) is 15.3. The molecule has 8 N–H and O–H groups in total. The van der Waals surface area contributed by atoms with Crippen LogP contribution in [0.5, 0.6) is 5.75 Å². The van der Waals surface area contributed by atoms with E-state index in [-0.39, 0.29) is 63.0 Å². The molecule has 0 radical (unpaired) electrons. The number of thiocarbonyl (C=S) groups is 1. The number of benzene rings is 3. The van der Waals surface area contributed by atoms with Gasteiger partial charge in [0.1, 0.15) is 35.7 Å². The van der Waals surface area contributed by atoms with Gasteiger partial charge in [0.2, 0.25) is 11.8 Å². The topological polar surface area (TPSA) is 245 Å². The summed E-state index contributed by atoms with van der Waals surface area (Å²) < 4.78 is 5.83. The molecular formula is C31H28N4O11S2. The quantitative estimate of drug-likeness (QED) is 0.0552. The number of thiol groups is 1. The van der Waals surface area contributed by atoms with Gasteiger partial charge in [-0.25, -0.2) is 9.59 Å². The Kier molecular flexibility index (Phi) is 11.2. The lowest BCUT2D eigenvalue weighted by Crippen LogP contribution is -2.49. The molecule has 0 bridgehead atoms. The molecule has 17 heteroatoms. The van der Waals surface area contributed by atoms with Crippen LogP contribution in [-0.2, 0) is 19.2 Å². The van der Waals surface area contributed by atoms with Crippen LogP contribution < -0.4 is 26.7 Å². The molecule has 2 aromatic rings. The van der Waals surface area contributed by atoms with Crippen LogP contribution in [0.3, 0.4) is 0 Å². The number of aromatic carboxylic acids is 1. The van der Waals surface area contributed by atoms with Crippen LogP contribution in [0.1, 0.15) is 23.2 Å². The zero-order valence-electron chi connectivity index (χ0n) is 24.7. The van der Waals surface area contributed by atoms with Gasteiger partial charge in [0.25, 0.3) is 0 Å². The molecule has 1 aliphatic carbocycles. The summed E-state index contributed by atoms with van der Waals surface area (Å²) in [6, 6.07) is 10.2. The summed E-state index contributed by atoms with van der Waals surface area (Å²) in [5, 5.41) is 48.6. The number of hydrogen-bond donors (Lipinski definition) is 9. The number of anilines is 1. The minimum Gasteiger partial charge on any atom is -0.508 e. The van der Waals surface area contributed by atoms with Gasteiger partial charge in [0.05, 0.1) is 5.56 Å². The largest absolute Gasteiger partial charge is 0.508 e. The van der Waals surface area contributed by atoms with Gasteiger partial charge in [-0.1, -0.05) is 6.07 Å². The molecule has 2 atom stereocenters. The number of aromatic hydroxyl groups is 1. The van der Waals surface area contributed by atoms with E-state index in [1.807, 2.05) is 0 Å². The van der Waals surface area contributed by atoms with E-state index in [1.54, 1.807) is 6.07 Å². The number of carbonyl (C=O) groups is 5. The van der Waals surface area contributed by atoms with Gasteiger partial charge in [-0.2, -0.15) is 12.6 Å². The van der Waals surface area contributed by atoms with E-state index >= 15 is 0 Å². The van der Waals surface area contributed by atoms with Crippen LogP contribution in [0.15, 0.2) is 63.8 Å². The van der Waals surface area contributed by atoms with Crippen molar-refractivity contribution in [3.63, 3.8) is 0 Å². The highest BCUT2D eigenvalue weighted by Crippen LogP contribution is 2.42. The van der Waals surface area contributed by atoms with Crippen molar-refractivity contribution in [3.05, 3.63) is 70.4 Å². The number of rotatable bonds is 13. The Labute approximate surface area is 281 Å². The first-order valence-corrected chi connectivity index (χ1v) is 15.1. The highest BCUT2D eigenvalue weighted by Gasteiger charge is 2.25. The molecule has 0 unspecified atom stereocenters. The molecule has 1 heterocycles. The third-order valence-corrected chi connectivity index (χ3v) is 7.55. The maximum absolute atomic E-state index is 12.5. The standard InChI is InChI=1S/C31H28N4O11S2/c36-15-2-5-18-23(10-15)46-24-11-16(37)3-6-19(24)27(18)17-4-1-14(9-20(17)29(42)43)33-31(48)35-21(30(44)45)7-8-25(38)34-22(13-47)28(41)32-12-26(39)40/h1-6,9-11,21-22,36,47H,7-8,12-13H2,(H,32,41)(H,34,38)(H,39,40)(H,42,43)(H,44,45)(H2,33,35,48)/t21-,22-/m0/s1. The molecule has 2 aromatic carbocycles. The van der Waals surface area contributed by atoms with Gasteiger partial charge in [-0.05, 0) is 60.6 Å². The number of carboxylic acids is 3. The number of nitrogens with one attached hydrogen (secondary N) is 4. The first-order valence-electron chi connectivity index (χ1n) is 14.0. The maximum Gasteiger partial charge on any atom is 0.336 e. The normalized spacial score (nSPS) is 12.1. The third kappa shape index (κ3) is 8.56. The average molecular weight is 697 g/mol. The molecule has 0 spiro atoms. The molecule has 15 nitrogen and oxygen atoms in total. The minimum absolute atomic E-state index is 0.101. The SMILES string of the molecule is O=C(O)CNC(=O)[C@H](CS)NC(=O)CC[C@H](NC(=S)Nc1ccc(-c2c3ccc(=O)cc-3oc3cc(O)ccc23)c(C(=O)O)c1)C(=O)O. The van der Waals surface area contributed by atoms with Crippen molar-refractivity contribution in [2.24, 2.45) is 0 Å². The summed E-state index contributed by atoms with van der Waals surface area (Å²) in [6.45, 7) is -0.657. The highest BCUT2D eigenvalue weighted by atomic mass is 32.1. The van der Waals surface area contributed by atoms with Crippen LogP contribution in [0, 0.1) is 0 Å². The maximum atomic E-state index is 12.5. The van der Waals surface area contributed by atoms with E-state index < -0.39 is 48.4 Å². The number of carbonyl (C=O) groups excluding carboxylic acids is 2. The van der Waals surface area contributed by atoms with E-state index in [0.717, 1.165) is 0 Å². The summed E-state index contributed by atoms with van der Waals surface area (Å²) in [4.78, 5) is 71.6. The second-order valence-electron chi connectivity index (χ2n) is 10.3. The fourth-order valence-corrected chi connectivity index (χ4v) is 5.29. The molecule has 0 aromatic heterocycles. The lowest BCUT2D eigenvalue weighted by molar-refractivity contribution is -0.139. The molecule has 2 aliphatic rings. The number of carboxylic acid groups (broad SMARTS) is 3. The molecule has 2 amide bonds. The van der Waals surface area contributed by atoms with Crippen LogP contribution >= 0.6 is 24.8 Å². The molecule has 48 heavy (non-hydrogen) atoms. The predicted octanol–water partition coefficient (Wildman–Crippen LogP) is 2.10. The molecule has 0 saturated heterocycles. The molecular weight excluding hydrogens is 668 g/mol. The van der Waals surface area contributed by atoms with E-state index in [1.165, 1.54) is 48.5 Å². The average Bonchev–Trinajstić information content (AvgIpc) is 3.02. The third-order valence-electron chi connectivity index (χ3n) is 6.97. The van der Waals surface area contributed by atoms with Crippen molar-refractivity contribution < 1.29 is 48.8 Å². The molecule has 1 aliphatic heterocycles. The van der Waals surface area contributed by atoms with Gasteiger partial charge >= 0.3 is 17.9 Å². The predicted molar refractivity (Wildman–Crippen MR) is 180 cm³/mol. The summed E-state index contributed by atoms with van der Waals surface area (Å²) in [5.74, 6) is -5.46. The fraction of sp³-hybridized carbons (Fsp3) is 0.194. The Morgan fingerprint density at radius 2 is 1.62 bits per heavy atom. The van der Waals surface area contributed by atoms with Crippen molar-refractivity contribution in [3.8, 4) is 28.2 Å². The van der Waals surface area contributed by atoms with Gasteiger partial charge < -0.3 is 46.1 Å². The number of phenolic OH excluding ortho intramolecular Hbond substituents is 1. The van der Waals surface area contributed by atoms with Gasteiger partial charge in [0.15, 0.2) is 10.5 Å². The van der Waals surface area contributed by atoms with Crippen LogP contribution in [0.2, 0.25) is 0 Å². The number of phenols is 1. The number of fused-ring (bicyclic) bond motifs is 2. The summed E-state index contributed by atoms with van der Waals surface area (Å²) >= 11 is 9.24. The van der Waals surface area contributed by atoms with Gasteiger partial charge in [-0.3, -0.25) is 19.2 Å². The number of hydrogen-bond acceptors (Lipinski definition) is 10. The Morgan fingerprint density at radius 1 is 0.896 bits per heavy atom. The monoisotopic (exact) mass is 696 g/mol. The lowest BCUT2D eigenvalue weighted by atomic mass is 9.90. The van der Waals surface area contributed by atoms with Gasteiger partial charge in [0, 0.05) is 46.5 Å². The van der Waals surface area contributed by atoms with Crippen molar-refractivity contribution in [2.75, 3.05) is 17.6 Å². The summed E-state index contributed by atoms with van der Waals surface area (Å²) in [6.07, 6.45) is -0.615. The smallest absolute Gasteiger partial charge is 0.336 e. The molecule has 0 saturated carbocycles. The van der Waals surface area contributed by atoms with E-state index in [0.29, 0.717) is 16.5 Å². The van der Waals surface area contributed by atoms with Crippen molar-refractivity contribution in [1.82, 2.24) is 16.0 Å². The fourth-order valence-electron chi connectivity index (χ4n) is 4.77. The van der Waals surface area contributed by atoms with Crippen LogP contribution in [0.4, 0.5) is 5.69 Å². The van der Waals surface area contributed by atoms with Crippen LogP contribution in [0.25, 0.3) is 33.4 Å². The van der Waals surface area contributed by atoms with Crippen molar-refractivity contribution >= 4 is 76.3 Å². The van der Waals surface area contributed by atoms with Crippen molar-refractivity contribution in [1.29, 1.82) is 0 Å². The van der Waals surface area contributed by atoms with Gasteiger partial charge in [-0.15, -0.1) is 0 Å². The molecule has 4 rings (SSSR count). The second-order valence-corrected chi connectivity index (χ2v) is 11.1. The molecule has 0 fully saturated rings. The molecule has 250 valence electrons. The Morgan fingerprint density at radius 3 is 2.29 bits per heavy atom. The zero-order valence-corrected chi connectivity index (χ0v) is 26.4. The Hall–Kier alpha value is -5.68. The highest BCUT2D eigenvalue weighted by molar-refractivity contribution is 7.80. The Bertz CT molecular complexity index is 1960.